The van der Waals surface area contributed by atoms with Crippen LogP contribution in [-0.4, -0.2) is 38.5 Å². The highest BCUT2D eigenvalue weighted by Gasteiger charge is 2.22. The minimum absolute atomic E-state index is 0.421. The van der Waals surface area contributed by atoms with E-state index < -0.39 is 0 Å². The van der Waals surface area contributed by atoms with E-state index >= 15 is 0 Å². The molecule has 4 heteroatoms. The first-order valence-corrected chi connectivity index (χ1v) is 5.71. The number of ether oxygens (including phenoxy) is 2. The summed E-state index contributed by atoms with van der Waals surface area (Å²) < 4.78 is 10.3. The number of hydrogen-bond donors (Lipinski definition) is 2. The van der Waals surface area contributed by atoms with E-state index in [1.807, 2.05) is 0 Å². The molecule has 0 bridgehead atoms. The molecule has 2 heterocycles. The van der Waals surface area contributed by atoms with Crippen molar-refractivity contribution in [1.29, 1.82) is 0 Å². The molecule has 0 aliphatic carbocycles. The van der Waals surface area contributed by atoms with Crippen molar-refractivity contribution < 1.29 is 9.47 Å². The smallest absolute Gasteiger partial charge is 0.0981 e. The van der Waals surface area contributed by atoms with Crippen molar-refractivity contribution in [3.8, 4) is 0 Å². The molecule has 2 atom stereocenters. The Kier molecular flexibility index (Phi) is 2.68. The predicted octanol–water partition coefficient (Wildman–Crippen LogP) is 1.31. The van der Waals surface area contributed by atoms with Crippen LogP contribution in [-0.2, 0) is 9.47 Å². The third-order valence-electron chi connectivity index (χ3n) is 2.76. The van der Waals surface area contributed by atoms with Crippen molar-refractivity contribution in [3.63, 3.8) is 0 Å². The maximum Gasteiger partial charge on any atom is 0.0981 e. The van der Waals surface area contributed by atoms with Gasteiger partial charge in [0, 0.05) is 24.5 Å². The van der Waals surface area contributed by atoms with Crippen LogP contribution in [0.3, 0.4) is 0 Å². The van der Waals surface area contributed by atoms with Crippen molar-refractivity contribution in [2.45, 2.75) is 12.2 Å². The van der Waals surface area contributed by atoms with Crippen molar-refractivity contribution in [2.75, 3.05) is 36.9 Å². The Hall–Kier alpha value is -1.26. The molecule has 0 saturated carbocycles. The fraction of sp³-hybridized carbons (Fsp3) is 0.500. The van der Waals surface area contributed by atoms with Crippen LogP contribution in [0.15, 0.2) is 24.3 Å². The molecule has 2 unspecified atom stereocenters. The van der Waals surface area contributed by atoms with Gasteiger partial charge in [-0.3, -0.25) is 0 Å². The van der Waals surface area contributed by atoms with Crippen molar-refractivity contribution >= 4 is 11.4 Å². The molecule has 3 rings (SSSR count). The van der Waals surface area contributed by atoms with Crippen molar-refractivity contribution in [2.24, 2.45) is 0 Å². The van der Waals surface area contributed by atoms with Crippen molar-refractivity contribution in [3.05, 3.63) is 24.3 Å². The summed E-state index contributed by atoms with van der Waals surface area (Å²) >= 11 is 0. The topological polar surface area (TPSA) is 49.1 Å². The van der Waals surface area contributed by atoms with E-state index in [9.17, 15) is 0 Å². The van der Waals surface area contributed by atoms with Gasteiger partial charge in [0.1, 0.15) is 0 Å². The number of epoxide rings is 2. The third kappa shape index (κ3) is 2.87. The molecule has 16 heavy (non-hydrogen) atoms. The summed E-state index contributed by atoms with van der Waals surface area (Å²) in [6, 6.07) is 8.33. The normalized spacial score (nSPS) is 26.2. The lowest BCUT2D eigenvalue weighted by molar-refractivity contribution is 0.416. The molecule has 0 amide bonds. The Morgan fingerprint density at radius 1 is 0.875 bits per heavy atom. The summed E-state index contributed by atoms with van der Waals surface area (Å²) in [5.74, 6) is 0. The Morgan fingerprint density at radius 3 is 1.56 bits per heavy atom. The van der Waals surface area contributed by atoms with Crippen LogP contribution in [0.2, 0.25) is 0 Å². The number of benzene rings is 1. The van der Waals surface area contributed by atoms with Crippen LogP contribution < -0.4 is 10.6 Å². The molecule has 2 fully saturated rings. The van der Waals surface area contributed by atoms with E-state index in [1.165, 1.54) is 0 Å². The first kappa shape index (κ1) is 9.93. The van der Waals surface area contributed by atoms with Crippen LogP contribution in [0, 0.1) is 0 Å². The first-order chi connectivity index (χ1) is 7.90. The monoisotopic (exact) mass is 220 g/mol. The fourth-order valence-electron chi connectivity index (χ4n) is 1.54. The molecule has 2 saturated heterocycles. The number of hydrogen-bond acceptors (Lipinski definition) is 4. The number of anilines is 2. The number of rotatable bonds is 6. The standard InChI is InChI=1S/C12H16N2O2/c1-2-10(14-6-12-8-16-12)4-3-9(1)13-5-11-7-15-11/h1-4,11-14H,5-8H2. The second-order valence-electron chi connectivity index (χ2n) is 4.25. The zero-order valence-corrected chi connectivity index (χ0v) is 9.11. The Balaban J connectivity index is 1.47. The number of nitrogens with one attached hydrogen (secondary N) is 2. The van der Waals surface area contributed by atoms with Gasteiger partial charge in [0.05, 0.1) is 25.4 Å². The average Bonchev–Trinajstić information content (AvgIpc) is 3.17. The minimum Gasteiger partial charge on any atom is -0.382 e. The Morgan fingerprint density at radius 2 is 1.25 bits per heavy atom. The van der Waals surface area contributed by atoms with Crippen LogP contribution in [0.1, 0.15) is 0 Å². The predicted molar refractivity (Wildman–Crippen MR) is 62.9 cm³/mol. The maximum atomic E-state index is 5.14. The maximum absolute atomic E-state index is 5.14. The van der Waals surface area contributed by atoms with Gasteiger partial charge in [-0.05, 0) is 24.3 Å². The lowest BCUT2D eigenvalue weighted by Crippen LogP contribution is -2.09. The van der Waals surface area contributed by atoms with E-state index in [0.717, 1.165) is 37.7 Å². The molecule has 2 aliphatic heterocycles. The van der Waals surface area contributed by atoms with Gasteiger partial charge in [-0.15, -0.1) is 0 Å². The van der Waals surface area contributed by atoms with E-state index in [-0.39, 0.29) is 0 Å². The summed E-state index contributed by atoms with van der Waals surface area (Å²) in [6.07, 6.45) is 0.842. The van der Waals surface area contributed by atoms with Crippen LogP contribution in [0.4, 0.5) is 11.4 Å². The second-order valence-corrected chi connectivity index (χ2v) is 4.25. The summed E-state index contributed by atoms with van der Waals surface area (Å²) in [5, 5.41) is 6.67. The summed E-state index contributed by atoms with van der Waals surface area (Å²) in [5.41, 5.74) is 2.28. The third-order valence-corrected chi connectivity index (χ3v) is 2.76. The van der Waals surface area contributed by atoms with Gasteiger partial charge in [0.15, 0.2) is 0 Å². The summed E-state index contributed by atoms with van der Waals surface area (Å²) in [4.78, 5) is 0. The molecule has 1 aromatic rings. The van der Waals surface area contributed by atoms with E-state index in [0.29, 0.717) is 12.2 Å². The highest BCUT2D eigenvalue weighted by molar-refractivity contribution is 5.53. The van der Waals surface area contributed by atoms with Gasteiger partial charge >= 0.3 is 0 Å². The average molecular weight is 220 g/mol. The lowest BCUT2D eigenvalue weighted by Gasteiger charge is -2.07. The zero-order chi connectivity index (χ0) is 10.8. The lowest BCUT2D eigenvalue weighted by atomic mass is 10.2. The van der Waals surface area contributed by atoms with Crippen LogP contribution >= 0.6 is 0 Å². The SMILES string of the molecule is c1cc(NCC2CO2)ccc1NCC1CO1. The quantitative estimate of drug-likeness (QED) is 0.710. The van der Waals surface area contributed by atoms with Gasteiger partial charge < -0.3 is 20.1 Å². The molecule has 0 aromatic heterocycles. The molecule has 1 aromatic carbocycles. The highest BCUT2D eigenvalue weighted by Crippen LogP contribution is 2.17. The van der Waals surface area contributed by atoms with Gasteiger partial charge in [-0.2, -0.15) is 0 Å². The van der Waals surface area contributed by atoms with Gasteiger partial charge in [0.2, 0.25) is 0 Å². The van der Waals surface area contributed by atoms with E-state index in [4.69, 9.17) is 9.47 Å². The van der Waals surface area contributed by atoms with Gasteiger partial charge in [-0.1, -0.05) is 0 Å². The van der Waals surface area contributed by atoms with Crippen LogP contribution in [0.5, 0.6) is 0 Å². The largest absolute Gasteiger partial charge is 0.382 e. The minimum atomic E-state index is 0.421. The van der Waals surface area contributed by atoms with E-state index in [2.05, 4.69) is 34.9 Å². The molecular formula is C12H16N2O2. The second kappa shape index (κ2) is 4.31. The molecule has 4 nitrogen and oxygen atoms in total. The van der Waals surface area contributed by atoms with Gasteiger partial charge in [0.25, 0.3) is 0 Å². The zero-order valence-electron chi connectivity index (χ0n) is 9.11. The highest BCUT2D eigenvalue weighted by atomic mass is 16.6. The molecule has 2 aliphatic rings. The van der Waals surface area contributed by atoms with E-state index in [1.54, 1.807) is 0 Å². The summed E-state index contributed by atoms with van der Waals surface area (Å²) in [6.45, 7) is 3.60. The molecule has 0 spiro atoms. The summed E-state index contributed by atoms with van der Waals surface area (Å²) in [7, 11) is 0. The first-order valence-electron chi connectivity index (χ1n) is 5.71. The van der Waals surface area contributed by atoms with Crippen molar-refractivity contribution in [1.82, 2.24) is 0 Å². The van der Waals surface area contributed by atoms with Crippen LogP contribution in [0.25, 0.3) is 0 Å². The molecule has 2 N–H and O–H groups in total. The molecule has 0 radical (unpaired) electrons. The molecular weight excluding hydrogens is 204 g/mol. The Labute approximate surface area is 94.9 Å². The Bertz CT molecular complexity index is 310. The fourth-order valence-corrected chi connectivity index (χ4v) is 1.54. The molecule has 86 valence electrons. The van der Waals surface area contributed by atoms with Gasteiger partial charge in [-0.25, -0.2) is 0 Å².